The zero-order valence-corrected chi connectivity index (χ0v) is 13.8. The smallest absolute Gasteiger partial charge is 0.0590 e. The Morgan fingerprint density at radius 1 is 1.05 bits per heavy atom. The number of aliphatic hydroxyl groups excluding tert-OH is 2. The Hall–Kier alpha value is -0.610. The number of benzene rings is 1. The van der Waals surface area contributed by atoms with Gasteiger partial charge in [-0.25, -0.2) is 0 Å². The van der Waals surface area contributed by atoms with Crippen molar-refractivity contribution < 1.29 is 10.2 Å². The molecular formula is C18H26ClNO2. The zero-order valence-electron chi connectivity index (χ0n) is 13.0. The molecule has 22 heavy (non-hydrogen) atoms. The summed E-state index contributed by atoms with van der Waals surface area (Å²) in [4.78, 5) is 2.46. The summed E-state index contributed by atoms with van der Waals surface area (Å²) in [5.74, 6) is 0.848. The predicted octanol–water partition coefficient (Wildman–Crippen LogP) is 3.25. The van der Waals surface area contributed by atoms with Gasteiger partial charge in [-0.05, 0) is 61.8 Å². The van der Waals surface area contributed by atoms with E-state index in [9.17, 15) is 10.2 Å². The lowest BCUT2D eigenvalue weighted by molar-refractivity contribution is -0.0331. The van der Waals surface area contributed by atoms with Crippen LogP contribution in [0.15, 0.2) is 24.3 Å². The summed E-state index contributed by atoms with van der Waals surface area (Å²) in [7, 11) is 0. The third-order valence-electron chi connectivity index (χ3n) is 5.55. The van der Waals surface area contributed by atoms with Crippen molar-refractivity contribution in [3.8, 4) is 0 Å². The van der Waals surface area contributed by atoms with Gasteiger partial charge in [0.2, 0.25) is 0 Å². The summed E-state index contributed by atoms with van der Waals surface area (Å²) in [5, 5.41) is 20.3. The van der Waals surface area contributed by atoms with Crippen molar-refractivity contribution in [2.75, 3.05) is 19.8 Å². The minimum Gasteiger partial charge on any atom is -0.396 e. The number of hydrogen-bond donors (Lipinski definition) is 2. The Morgan fingerprint density at radius 2 is 1.77 bits per heavy atom. The van der Waals surface area contributed by atoms with E-state index in [2.05, 4.69) is 17.0 Å². The number of hydrogen-bond acceptors (Lipinski definition) is 3. The van der Waals surface area contributed by atoms with Gasteiger partial charge in [0.25, 0.3) is 0 Å². The molecule has 0 radical (unpaired) electrons. The van der Waals surface area contributed by atoms with Crippen LogP contribution in [0.1, 0.15) is 43.7 Å². The van der Waals surface area contributed by atoms with Crippen LogP contribution < -0.4 is 0 Å². The van der Waals surface area contributed by atoms with E-state index >= 15 is 0 Å². The number of rotatable bonds is 5. The van der Waals surface area contributed by atoms with Crippen LogP contribution >= 0.6 is 11.6 Å². The van der Waals surface area contributed by atoms with Gasteiger partial charge in [0.15, 0.2) is 0 Å². The first-order chi connectivity index (χ1) is 10.7. The van der Waals surface area contributed by atoms with E-state index in [1.807, 2.05) is 12.1 Å². The van der Waals surface area contributed by atoms with Gasteiger partial charge in [-0.15, -0.1) is 0 Å². The molecule has 0 amide bonds. The fourth-order valence-electron chi connectivity index (χ4n) is 4.13. The number of aliphatic hydroxyl groups is 2. The van der Waals surface area contributed by atoms with E-state index < -0.39 is 0 Å². The maximum Gasteiger partial charge on any atom is 0.0590 e. The minimum absolute atomic E-state index is 0.0695. The van der Waals surface area contributed by atoms with Gasteiger partial charge in [-0.3, -0.25) is 4.90 Å². The third kappa shape index (κ3) is 3.18. The van der Waals surface area contributed by atoms with Crippen molar-refractivity contribution in [2.24, 2.45) is 11.8 Å². The topological polar surface area (TPSA) is 43.7 Å². The van der Waals surface area contributed by atoms with E-state index in [4.69, 9.17) is 11.6 Å². The lowest BCUT2D eigenvalue weighted by Crippen LogP contribution is -2.52. The summed E-state index contributed by atoms with van der Waals surface area (Å²) in [6.07, 6.45) is 5.92. The molecule has 2 fully saturated rings. The third-order valence-corrected chi connectivity index (χ3v) is 5.80. The average Bonchev–Trinajstić information content (AvgIpc) is 2.51. The highest BCUT2D eigenvalue weighted by Crippen LogP contribution is 2.44. The molecule has 1 saturated heterocycles. The highest BCUT2D eigenvalue weighted by molar-refractivity contribution is 6.30. The van der Waals surface area contributed by atoms with Crippen LogP contribution in [0.3, 0.4) is 0 Å². The first-order valence-corrected chi connectivity index (χ1v) is 8.85. The molecule has 3 unspecified atom stereocenters. The molecule has 2 aliphatic rings. The van der Waals surface area contributed by atoms with Gasteiger partial charge in [0.05, 0.1) is 6.61 Å². The minimum atomic E-state index is 0.0695. The molecule has 1 saturated carbocycles. The molecule has 1 heterocycles. The second-order valence-electron chi connectivity index (χ2n) is 6.76. The van der Waals surface area contributed by atoms with Crippen molar-refractivity contribution in [1.29, 1.82) is 0 Å². The molecule has 1 aromatic carbocycles. The number of piperidine rings is 1. The van der Waals surface area contributed by atoms with Gasteiger partial charge >= 0.3 is 0 Å². The average molecular weight is 324 g/mol. The molecule has 3 rings (SSSR count). The molecule has 4 heteroatoms. The second-order valence-corrected chi connectivity index (χ2v) is 7.20. The van der Waals surface area contributed by atoms with E-state index in [1.165, 1.54) is 24.8 Å². The van der Waals surface area contributed by atoms with E-state index in [0.717, 1.165) is 24.4 Å². The summed E-state index contributed by atoms with van der Waals surface area (Å²) >= 11 is 6.04. The molecule has 1 aromatic rings. The molecular weight excluding hydrogens is 298 g/mol. The van der Waals surface area contributed by atoms with Gasteiger partial charge < -0.3 is 10.2 Å². The van der Waals surface area contributed by atoms with Crippen molar-refractivity contribution in [3.05, 3.63) is 34.9 Å². The SMILES string of the molecule is OCC1CCCN(C(c2ccc(Cl)cc2)C2CCC2)C1CO. The van der Waals surface area contributed by atoms with Gasteiger partial charge in [0.1, 0.15) is 0 Å². The summed E-state index contributed by atoms with van der Waals surface area (Å²) in [6.45, 7) is 1.30. The standard InChI is InChI=1S/C18H26ClNO2/c19-16-8-6-14(7-9-16)18(13-3-1-4-13)20-10-2-5-15(11-21)17(20)12-22/h6-9,13,15,17-18,21-22H,1-5,10-12H2. The van der Waals surface area contributed by atoms with Gasteiger partial charge in [-0.1, -0.05) is 30.2 Å². The lowest BCUT2D eigenvalue weighted by Gasteiger charge is -2.49. The van der Waals surface area contributed by atoms with Gasteiger partial charge in [-0.2, -0.15) is 0 Å². The molecule has 2 N–H and O–H groups in total. The number of likely N-dealkylation sites (tertiary alicyclic amines) is 1. The molecule has 1 aliphatic heterocycles. The predicted molar refractivity (Wildman–Crippen MR) is 88.9 cm³/mol. The van der Waals surface area contributed by atoms with Crippen LogP contribution in [0.25, 0.3) is 0 Å². The second kappa shape index (κ2) is 7.31. The highest BCUT2D eigenvalue weighted by atomic mass is 35.5. The van der Waals surface area contributed by atoms with Crippen LogP contribution in [0.2, 0.25) is 5.02 Å². The maximum absolute atomic E-state index is 9.90. The molecule has 3 atom stereocenters. The summed E-state index contributed by atoms with van der Waals surface area (Å²) in [5.41, 5.74) is 1.30. The lowest BCUT2D eigenvalue weighted by atomic mass is 9.74. The normalized spacial score (nSPS) is 28.3. The van der Waals surface area contributed by atoms with E-state index in [0.29, 0.717) is 12.0 Å². The molecule has 3 nitrogen and oxygen atoms in total. The molecule has 0 bridgehead atoms. The zero-order chi connectivity index (χ0) is 15.5. The number of nitrogens with zero attached hydrogens (tertiary/aromatic N) is 1. The van der Waals surface area contributed by atoms with Crippen LogP contribution in [-0.4, -0.2) is 40.9 Å². The first kappa shape index (κ1) is 16.3. The molecule has 1 aliphatic carbocycles. The Bertz CT molecular complexity index is 474. The van der Waals surface area contributed by atoms with Crippen molar-refractivity contribution in [3.63, 3.8) is 0 Å². The van der Waals surface area contributed by atoms with Gasteiger partial charge in [0, 0.05) is 23.7 Å². The summed E-state index contributed by atoms with van der Waals surface area (Å²) < 4.78 is 0. The highest BCUT2D eigenvalue weighted by Gasteiger charge is 2.40. The van der Waals surface area contributed by atoms with Crippen molar-refractivity contribution >= 4 is 11.6 Å². The molecule has 122 valence electrons. The maximum atomic E-state index is 9.90. The fraction of sp³-hybridized carbons (Fsp3) is 0.667. The Balaban J connectivity index is 1.88. The number of halogens is 1. The fourth-order valence-corrected chi connectivity index (χ4v) is 4.25. The van der Waals surface area contributed by atoms with Crippen LogP contribution in [0, 0.1) is 11.8 Å². The van der Waals surface area contributed by atoms with E-state index in [-0.39, 0.29) is 25.2 Å². The quantitative estimate of drug-likeness (QED) is 0.874. The largest absolute Gasteiger partial charge is 0.396 e. The Morgan fingerprint density at radius 3 is 2.32 bits per heavy atom. The van der Waals surface area contributed by atoms with Crippen molar-refractivity contribution in [2.45, 2.75) is 44.2 Å². The Kier molecular flexibility index (Phi) is 5.40. The first-order valence-electron chi connectivity index (χ1n) is 8.47. The van der Waals surface area contributed by atoms with Crippen LogP contribution in [0.5, 0.6) is 0 Å². The molecule has 0 aromatic heterocycles. The van der Waals surface area contributed by atoms with Crippen LogP contribution in [0.4, 0.5) is 0 Å². The monoisotopic (exact) mass is 323 g/mol. The van der Waals surface area contributed by atoms with Crippen molar-refractivity contribution in [1.82, 2.24) is 4.90 Å². The van der Waals surface area contributed by atoms with E-state index in [1.54, 1.807) is 0 Å². The Labute approximate surface area is 137 Å². The molecule has 0 spiro atoms. The summed E-state index contributed by atoms with van der Waals surface area (Å²) in [6, 6.07) is 8.59. The van der Waals surface area contributed by atoms with Crippen LogP contribution in [-0.2, 0) is 0 Å².